The Bertz CT molecular complexity index is 862. The Morgan fingerprint density at radius 2 is 1.65 bits per heavy atom. The average molecular weight is 359 g/mol. The summed E-state index contributed by atoms with van der Waals surface area (Å²) in [6.45, 7) is 0. The summed E-state index contributed by atoms with van der Waals surface area (Å²) < 4.78 is 43.7. The molecule has 3 nitrogen and oxygen atoms in total. The van der Waals surface area contributed by atoms with E-state index in [0.29, 0.717) is 15.6 Å². The second-order valence-electron chi connectivity index (χ2n) is 4.62. The average Bonchev–Trinajstić information content (AvgIpc) is 2.96. The smallest absolute Gasteiger partial charge is 0.416 e. The molecular formula is C15H7Cl2F3N2O. The van der Waals surface area contributed by atoms with Crippen LogP contribution in [0.25, 0.3) is 22.9 Å². The quantitative estimate of drug-likeness (QED) is 0.587. The number of rotatable bonds is 2. The van der Waals surface area contributed by atoms with Crippen LogP contribution < -0.4 is 0 Å². The molecule has 0 N–H and O–H groups in total. The molecule has 0 atom stereocenters. The van der Waals surface area contributed by atoms with Crippen molar-refractivity contribution >= 4 is 23.2 Å². The van der Waals surface area contributed by atoms with Crippen LogP contribution in [-0.2, 0) is 6.18 Å². The van der Waals surface area contributed by atoms with Crippen molar-refractivity contribution in [1.29, 1.82) is 0 Å². The molecule has 3 aromatic rings. The van der Waals surface area contributed by atoms with Gasteiger partial charge in [0.1, 0.15) is 0 Å². The third-order valence-corrected chi connectivity index (χ3v) is 3.57. The van der Waals surface area contributed by atoms with E-state index in [1.807, 2.05) is 0 Å². The lowest BCUT2D eigenvalue weighted by atomic mass is 10.1. The van der Waals surface area contributed by atoms with E-state index in [-0.39, 0.29) is 17.3 Å². The fraction of sp³-hybridized carbons (Fsp3) is 0.0667. The maximum absolute atomic E-state index is 12.7. The van der Waals surface area contributed by atoms with Crippen LogP contribution in [0.3, 0.4) is 0 Å². The van der Waals surface area contributed by atoms with Gasteiger partial charge in [-0.1, -0.05) is 29.3 Å². The van der Waals surface area contributed by atoms with E-state index in [0.717, 1.165) is 12.1 Å². The molecule has 118 valence electrons. The van der Waals surface area contributed by atoms with Gasteiger partial charge in [-0.3, -0.25) is 0 Å². The van der Waals surface area contributed by atoms with E-state index >= 15 is 0 Å². The first-order valence-corrected chi connectivity index (χ1v) is 7.07. The van der Waals surface area contributed by atoms with Crippen molar-refractivity contribution in [2.45, 2.75) is 6.18 Å². The van der Waals surface area contributed by atoms with Gasteiger partial charge in [0, 0.05) is 10.6 Å². The zero-order valence-electron chi connectivity index (χ0n) is 11.2. The molecule has 0 aliphatic carbocycles. The summed E-state index contributed by atoms with van der Waals surface area (Å²) in [7, 11) is 0. The second kappa shape index (κ2) is 5.86. The lowest BCUT2D eigenvalue weighted by molar-refractivity contribution is -0.137. The summed E-state index contributed by atoms with van der Waals surface area (Å²) in [5, 5.41) is 8.34. The van der Waals surface area contributed by atoms with Gasteiger partial charge in [-0.25, -0.2) is 0 Å². The predicted octanol–water partition coefficient (Wildman–Crippen LogP) is 5.73. The molecule has 0 unspecified atom stereocenters. The minimum Gasteiger partial charge on any atom is -0.416 e. The van der Waals surface area contributed by atoms with Gasteiger partial charge in [0.15, 0.2) is 0 Å². The maximum Gasteiger partial charge on any atom is 0.416 e. The monoisotopic (exact) mass is 358 g/mol. The van der Waals surface area contributed by atoms with Crippen LogP contribution in [0.1, 0.15) is 5.56 Å². The number of hydrogen-bond donors (Lipinski definition) is 0. The van der Waals surface area contributed by atoms with Crippen molar-refractivity contribution in [3.8, 4) is 22.9 Å². The molecule has 23 heavy (non-hydrogen) atoms. The van der Waals surface area contributed by atoms with Gasteiger partial charge < -0.3 is 4.42 Å². The van der Waals surface area contributed by atoms with E-state index < -0.39 is 11.7 Å². The zero-order valence-corrected chi connectivity index (χ0v) is 12.7. The molecule has 3 rings (SSSR count). The highest BCUT2D eigenvalue weighted by Gasteiger charge is 2.30. The normalized spacial score (nSPS) is 11.7. The molecule has 0 aliphatic heterocycles. The molecule has 8 heteroatoms. The van der Waals surface area contributed by atoms with Crippen LogP contribution in [0.15, 0.2) is 46.9 Å². The first kappa shape index (κ1) is 15.8. The minimum absolute atomic E-state index is 0.0304. The Morgan fingerprint density at radius 1 is 0.913 bits per heavy atom. The van der Waals surface area contributed by atoms with Crippen molar-refractivity contribution < 1.29 is 17.6 Å². The number of hydrogen-bond acceptors (Lipinski definition) is 3. The Labute approximate surface area is 138 Å². The van der Waals surface area contributed by atoms with Crippen molar-refractivity contribution in [2.75, 3.05) is 0 Å². The Balaban J connectivity index is 1.99. The van der Waals surface area contributed by atoms with Crippen LogP contribution in [-0.4, -0.2) is 10.2 Å². The number of aromatic nitrogens is 2. The van der Waals surface area contributed by atoms with Gasteiger partial charge in [-0.2, -0.15) is 13.2 Å². The van der Waals surface area contributed by atoms with Crippen LogP contribution in [0.2, 0.25) is 10.0 Å². The fourth-order valence-corrected chi connectivity index (χ4v) is 2.43. The van der Waals surface area contributed by atoms with Crippen molar-refractivity contribution in [1.82, 2.24) is 10.2 Å². The van der Waals surface area contributed by atoms with Crippen molar-refractivity contribution in [3.63, 3.8) is 0 Å². The molecule has 0 saturated carbocycles. The largest absolute Gasteiger partial charge is 0.416 e. The number of nitrogens with zero attached hydrogens (tertiary/aromatic N) is 2. The first-order chi connectivity index (χ1) is 10.8. The number of benzene rings is 2. The molecule has 0 amide bonds. The highest BCUT2D eigenvalue weighted by Crippen LogP contribution is 2.34. The Morgan fingerprint density at radius 3 is 2.35 bits per heavy atom. The Kier molecular flexibility index (Phi) is 4.04. The van der Waals surface area contributed by atoms with E-state index in [2.05, 4.69) is 10.2 Å². The minimum atomic E-state index is -4.45. The number of halogens is 5. The van der Waals surface area contributed by atoms with E-state index in [1.54, 1.807) is 12.1 Å². The molecule has 2 aromatic carbocycles. The fourth-order valence-electron chi connectivity index (χ4n) is 1.94. The highest BCUT2D eigenvalue weighted by atomic mass is 35.5. The van der Waals surface area contributed by atoms with Gasteiger partial charge in [0.05, 0.1) is 16.1 Å². The molecular weight excluding hydrogens is 352 g/mol. The summed E-state index contributed by atoms with van der Waals surface area (Å²) in [6, 6.07) is 9.34. The SMILES string of the molecule is FC(F)(F)c1cccc(-c2nnc(-c3ccc(Cl)cc3Cl)o2)c1. The molecule has 0 saturated heterocycles. The predicted molar refractivity (Wildman–Crippen MR) is 80.2 cm³/mol. The van der Waals surface area contributed by atoms with Crippen LogP contribution in [0, 0.1) is 0 Å². The molecule has 0 bridgehead atoms. The third-order valence-electron chi connectivity index (χ3n) is 3.02. The summed E-state index contributed by atoms with van der Waals surface area (Å²) >= 11 is 11.9. The van der Waals surface area contributed by atoms with Gasteiger partial charge in [-0.05, 0) is 36.4 Å². The lowest BCUT2D eigenvalue weighted by Gasteiger charge is -2.06. The first-order valence-electron chi connectivity index (χ1n) is 6.31. The van der Waals surface area contributed by atoms with Crippen LogP contribution in [0.4, 0.5) is 13.2 Å². The molecule has 0 spiro atoms. The standard InChI is InChI=1S/C15H7Cl2F3N2O/c16-10-4-5-11(12(17)7-10)14-22-21-13(23-14)8-2-1-3-9(6-8)15(18,19)20/h1-7H. The Hall–Kier alpha value is -2.05. The number of alkyl halides is 3. The lowest BCUT2D eigenvalue weighted by Crippen LogP contribution is -2.04. The third kappa shape index (κ3) is 3.33. The van der Waals surface area contributed by atoms with E-state index in [9.17, 15) is 13.2 Å². The second-order valence-corrected chi connectivity index (χ2v) is 5.46. The summed E-state index contributed by atoms with van der Waals surface area (Å²) in [4.78, 5) is 0. The highest BCUT2D eigenvalue weighted by molar-refractivity contribution is 6.36. The van der Waals surface area contributed by atoms with Crippen molar-refractivity contribution in [3.05, 3.63) is 58.1 Å². The summed E-state index contributed by atoms with van der Waals surface area (Å²) in [6.07, 6.45) is -4.45. The molecule has 1 aromatic heterocycles. The van der Waals surface area contributed by atoms with E-state index in [4.69, 9.17) is 27.6 Å². The topological polar surface area (TPSA) is 38.9 Å². The van der Waals surface area contributed by atoms with Crippen LogP contribution >= 0.6 is 23.2 Å². The van der Waals surface area contributed by atoms with Gasteiger partial charge in [0.25, 0.3) is 0 Å². The van der Waals surface area contributed by atoms with Gasteiger partial charge in [-0.15, -0.1) is 10.2 Å². The molecule has 1 heterocycles. The van der Waals surface area contributed by atoms with E-state index in [1.165, 1.54) is 18.2 Å². The van der Waals surface area contributed by atoms with Crippen LogP contribution in [0.5, 0.6) is 0 Å². The maximum atomic E-state index is 12.7. The molecule has 0 radical (unpaired) electrons. The van der Waals surface area contributed by atoms with Crippen molar-refractivity contribution in [2.24, 2.45) is 0 Å². The molecule has 0 aliphatic rings. The summed E-state index contributed by atoms with van der Waals surface area (Å²) in [5.41, 5.74) is -0.176. The van der Waals surface area contributed by atoms with Gasteiger partial charge >= 0.3 is 6.18 Å². The molecule has 0 fully saturated rings. The zero-order chi connectivity index (χ0) is 16.6. The van der Waals surface area contributed by atoms with Gasteiger partial charge in [0.2, 0.25) is 11.8 Å². The summed E-state index contributed by atoms with van der Waals surface area (Å²) in [5.74, 6) is 0.0659.